The van der Waals surface area contributed by atoms with Crippen LogP contribution in [0.1, 0.15) is 27.7 Å². The Morgan fingerprint density at radius 3 is 1.27 bits per heavy atom. The van der Waals surface area contributed by atoms with E-state index in [4.69, 9.17) is 0 Å². The summed E-state index contributed by atoms with van der Waals surface area (Å²) in [7, 11) is 0. The average Bonchev–Trinajstić information content (AvgIpc) is 2.74. The first-order valence-corrected chi connectivity index (χ1v) is 10.3. The predicted molar refractivity (Wildman–Crippen MR) is 129 cm³/mol. The molecule has 0 fully saturated rings. The van der Waals surface area contributed by atoms with Crippen LogP contribution in [0.5, 0.6) is 0 Å². The molecule has 0 aliphatic heterocycles. The van der Waals surface area contributed by atoms with Gasteiger partial charge in [0.1, 0.15) is 11.6 Å². The second-order valence-corrected chi connectivity index (χ2v) is 7.77. The molecule has 2 N–H and O–H groups in total. The van der Waals surface area contributed by atoms with Crippen molar-refractivity contribution in [3.63, 3.8) is 0 Å². The normalized spacial score (nSPS) is 10.3. The zero-order valence-electron chi connectivity index (χ0n) is 18.2. The van der Waals surface area contributed by atoms with Gasteiger partial charge in [-0.1, -0.05) is 47.6 Å². The number of hydrogen-bond acceptors (Lipinski definition) is 4. The number of pyridine rings is 2. The summed E-state index contributed by atoms with van der Waals surface area (Å²) < 4.78 is 0. The molecule has 2 aromatic heterocycles. The third-order valence-electron chi connectivity index (χ3n) is 4.67. The third-order valence-corrected chi connectivity index (χ3v) is 4.67. The van der Waals surface area contributed by atoms with E-state index in [1.165, 1.54) is 11.1 Å². The molecule has 0 saturated carbocycles. The molecule has 30 heavy (non-hydrogen) atoms. The van der Waals surface area contributed by atoms with Crippen molar-refractivity contribution >= 4 is 11.6 Å². The Morgan fingerprint density at radius 1 is 0.600 bits per heavy atom. The number of rotatable bonds is 8. The second kappa shape index (κ2) is 10.4. The molecule has 0 atom stereocenters. The van der Waals surface area contributed by atoms with Crippen molar-refractivity contribution in [2.45, 2.75) is 27.7 Å². The van der Waals surface area contributed by atoms with E-state index in [1.54, 1.807) is 0 Å². The van der Waals surface area contributed by atoms with Crippen LogP contribution in [0.25, 0.3) is 22.3 Å². The third kappa shape index (κ3) is 6.31. The van der Waals surface area contributed by atoms with Crippen molar-refractivity contribution in [2.75, 3.05) is 23.7 Å². The van der Waals surface area contributed by atoms with Crippen LogP contribution in [0, 0.1) is 0 Å². The lowest BCUT2D eigenvalue weighted by Gasteiger charge is -2.08. The van der Waals surface area contributed by atoms with Gasteiger partial charge in [-0.2, -0.15) is 0 Å². The molecule has 0 bridgehead atoms. The molecule has 154 valence electrons. The number of anilines is 2. The number of nitrogens with zero attached hydrogens (tertiary/aromatic N) is 2. The molecule has 3 aromatic rings. The van der Waals surface area contributed by atoms with E-state index in [9.17, 15) is 0 Å². The summed E-state index contributed by atoms with van der Waals surface area (Å²) in [6.45, 7) is 9.95. The van der Waals surface area contributed by atoms with Crippen molar-refractivity contribution in [1.82, 2.24) is 9.97 Å². The van der Waals surface area contributed by atoms with Crippen molar-refractivity contribution in [1.29, 1.82) is 0 Å². The summed E-state index contributed by atoms with van der Waals surface area (Å²) in [5.41, 5.74) is 7.09. The largest absolute Gasteiger partial charge is 0.367 e. The topological polar surface area (TPSA) is 49.8 Å². The van der Waals surface area contributed by atoms with E-state index in [2.05, 4.69) is 96.8 Å². The van der Waals surface area contributed by atoms with Crippen LogP contribution in [0.15, 0.2) is 84.2 Å². The summed E-state index contributed by atoms with van der Waals surface area (Å²) in [4.78, 5) is 9.03. The number of allylic oxidation sites excluding steroid dienone is 2. The van der Waals surface area contributed by atoms with E-state index in [0.29, 0.717) is 0 Å². The van der Waals surface area contributed by atoms with Gasteiger partial charge >= 0.3 is 0 Å². The lowest BCUT2D eigenvalue weighted by molar-refractivity contribution is 1.20. The van der Waals surface area contributed by atoms with Crippen LogP contribution >= 0.6 is 0 Å². The number of hydrogen-bond donors (Lipinski definition) is 2. The maximum atomic E-state index is 4.52. The van der Waals surface area contributed by atoms with Gasteiger partial charge in [0.2, 0.25) is 0 Å². The van der Waals surface area contributed by atoms with Gasteiger partial charge in [-0.25, -0.2) is 9.97 Å². The zero-order chi connectivity index (χ0) is 21.3. The fourth-order valence-corrected chi connectivity index (χ4v) is 2.91. The van der Waals surface area contributed by atoms with Crippen molar-refractivity contribution in [3.8, 4) is 22.3 Å². The van der Waals surface area contributed by atoms with Gasteiger partial charge < -0.3 is 10.6 Å². The molecule has 0 amide bonds. The Bertz CT molecular complexity index is 906. The molecule has 0 aliphatic rings. The molecular weight excluding hydrogens is 368 g/mol. The van der Waals surface area contributed by atoms with Crippen LogP contribution in [0.2, 0.25) is 0 Å². The van der Waals surface area contributed by atoms with Crippen LogP contribution in [0.4, 0.5) is 11.6 Å². The Kier molecular flexibility index (Phi) is 7.39. The standard InChI is InChI=1S/C26H30N4/c1-19(2)13-15-27-25-11-9-23(17-29-25)21-5-7-22(8-6-21)24-10-12-26(30-18-24)28-16-14-20(3)4/h5-14,17-18H,15-16H2,1-4H3,(H,27,29)(H,28,30). The maximum Gasteiger partial charge on any atom is 0.126 e. The molecule has 4 heteroatoms. The maximum absolute atomic E-state index is 4.52. The Balaban J connectivity index is 1.63. The number of aromatic nitrogens is 2. The van der Waals surface area contributed by atoms with E-state index < -0.39 is 0 Å². The number of nitrogens with one attached hydrogen (secondary N) is 2. The minimum Gasteiger partial charge on any atom is -0.367 e. The molecular formula is C26H30N4. The van der Waals surface area contributed by atoms with E-state index in [0.717, 1.165) is 47.0 Å². The quantitative estimate of drug-likeness (QED) is 0.422. The molecule has 0 spiro atoms. The van der Waals surface area contributed by atoms with E-state index >= 15 is 0 Å². The fourth-order valence-electron chi connectivity index (χ4n) is 2.91. The molecule has 2 heterocycles. The molecule has 0 aliphatic carbocycles. The Morgan fingerprint density at radius 2 is 0.967 bits per heavy atom. The summed E-state index contributed by atoms with van der Waals surface area (Å²) in [6, 6.07) is 16.8. The zero-order valence-corrected chi connectivity index (χ0v) is 18.2. The van der Waals surface area contributed by atoms with Gasteiger partial charge in [-0.05, 0) is 63.1 Å². The Hall–Kier alpha value is -3.40. The van der Waals surface area contributed by atoms with E-state index in [1.807, 2.05) is 24.5 Å². The van der Waals surface area contributed by atoms with Gasteiger partial charge in [-0.3, -0.25) is 0 Å². The first kappa shape index (κ1) is 21.3. The minimum atomic E-state index is 0.792. The van der Waals surface area contributed by atoms with E-state index in [-0.39, 0.29) is 0 Å². The van der Waals surface area contributed by atoms with Crippen molar-refractivity contribution in [3.05, 3.63) is 84.2 Å². The second-order valence-electron chi connectivity index (χ2n) is 7.77. The number of benzene rings is 1. The highest BCUT2D eigenvalue weighted by Gasteiger charge is 2.02. The smallest absolute Gasteiger partial charge is 0.126 e. The monoisotopic (exact) mass is 398 g/mol. The molecule has 0 saturated heterocycles. The highest BCUT2D eigenvalue weighted by molar-refractivity contribution is 5.70. The Labute approximate surface area is 179 Å². The highest BCUT2D eigenvalue weighted by Crippen LogP contribution is 2.25. The van der Waals surface area contributed by atoms with Gasteiger partial charge in [0, 0.05) is 36.6 Å². The van der Waals surface area contributed by atoms with Gasteiger partial charge in [0.05, 0.1) is 0 Å². The lowest BCUT2D eigenvalue weighted by atomic mass is 10.0. The summed E-state index contributed by atoms with van der Waals surface area (Å²) in [6.07, 6.45) is 8.12. The van der Waals surface area contributed by atoms with Crippen molar-refractivity contribution < 1.29 is 0 Å². The van der Waals surface area contributed by atoms with Crippen LogP contribution in [-0.2, 0) is 0 Å². The SMILES string of the molecule is CC(C)=CCNc1ccc(-c2ccc(-c3ccc(NCC=C(C)C)nc3)cc2)cn1. The highest BCUT2D eigenvalue weighted by atomic mass is 15.0. The molecule has 1 aromatic carbocycles. The summed E-state index contributed by atoms with van der Waals surface area (Å²) >= 11 is 0. The molecule has 0 radical (unpaired) electrons. The van der Waals surface area contributed by atoms with Gasteiger partial charge in [0.25, 0.3) is 0 Å². The average molecular weight is 399 g/mol. The summed E-state index contributed by atoms with van der Waals surface area (Å²) in [5, 5.41) is 6.61. The van der Waals surface area contributed by atoms with Crippen molar-refractivity contribution in [2.24, 2.45) is 0 Å². The fraction of sp³-hybridized carbons (Fsp3) is 0.231. The van der Waals surface area contributed by atoms with Crippen LogP contribution in [-0.4, -0.2) is 23.1 Å². The first-order valence-electron chi connectivity index (χ1n) is 10.3. The molecule has 3 rings (SSSR count). The van der Waals surface area contributed by atoms with Crippen LogP contribution < -0.4 is 10.6 Å². The van der Waals surface area contributed by atoms with Crippen LogP contribution in [0.3, 0.4) is 0 Å². The first-order chi connectivity index (χ1) is 14.5. The lowest BCUT2D eigenvalue weighted by Crippen LogP contribution is -2.00. The van der Waals surface area contributed by atoms with Gasteiger partial charge in [-0.15, -0.1) is 0 Å². The molecule has 0 unspecified atom stereocenters. The predicted octanol–water partition coefficient (Wildman–Crippen LogP) is 6.57. The van der Waals surface area contributed by atoms with Gasteiger partial charge in [0.15, 0.2) is 0 Å². The minimum absolute atomic E-state index is 0.792. The summed E-state index contributed by atoms with van der Waals surface area (Å²) in [5.74, 6) is 1.77. The molecule has 4 nitrogen and oxygen atoms in total.